The number of aliphatic carboxylic acids is 1. The first kappa shape index (κ1) is 15.9. The summed E-state index contributed by atoms with van der Waals surface area (Å²) < 4.78 is 14.3. The Labute approximate surface area is 137 Å². The maximum absolute atomic E-state index is 14.3. The molecule has 0 saturated carbocycles. The highest BCUT2D eigenvalue weighted by Crippen LogP contribution is 2.28. The monoisotopic (exact) mass is 326 g/mol. The molecule has 0 spiro atoms. The lowest BCUT2D eigenvalue weighted by atomic mass is 10.1. The summed E-state index contributed by atoms with van der Waals surface area (Å²) in [5, 5.41) is 11.6. The predicted molar refractivity (Wildman–Crippen MR) is 86.8 cm³/mol. The molecule has 1 amide bonds. The Morgan fingerprint density at radius 1 is 1.12 bits per heavy atom. The van der Waals surface area contributed by atoms with Gasteiger partial charge in [-0.2, -0.15) is 0 Å². The minimum Gasteiger partial charge on any atom is -0.478 e. The summed E-state index contributed by atoms with van der Waals surface area (Å²) in [4.78, 5) is 27.3. The predicted octanol–water partition coefficient (Wildman–Crippen LogP) is 3.39. The number of rotatable bonds is 4. The topological polar surface area (TPSA) is 79.3 Å². The molecule has 0 unspecified atom stereocenters. The number of amides is 1. The van der Waals surface area contributed by atoms with E-state index in [0.717, 1.165) is 5.56 Å². The van der Waals surface area contributed by atoms with E-state index < -0.39 is 17.7 Å². The quantitative estimate of drug-likeness (QED) is 0.902. The van der Waals surface area contributed by atoms with Crippen LogP contribution in [0.15, 0.2) is 53.9 Å². The second-order valence-corrected chi connectivity index (χ2v) is 5.51. The molecule has 5 nitrogen and oxygen atoms in total. The summed E-state index contributed by atoms with van der Waals surface area (Å²) in [7, 11) is 0. The molecule has 2 aromatic rings. The van der Waals surface area contributed by atoms with Crippen LogP contribution in [0.4, 0.5) is 10.1 Å². The van der Waals surface area contributed by atoms with Crippen molar-refractivity contribution in [3.05, 3.63) is 59.7 Å². The number of halogens is 1. The summed E-state index contributed by atoms with van der Waals surface area (Å²) >= 11 is 0. The molecule has 1 aromatic carbocycles. The SMILES string of the molecule is O=C(O)C1=C(C(=O)Nc2ccc(-c3cccnc3)cc2F)CCC1. The van der Waals surface area contributed by atoms with Gasteiger partial charge in [-0.25, -0.2) is 9.18 Å². The van der Waals surface area contributed by atoms with Crippen molar-refractivity contribution >= 4 is 17.6 Å². The number of carboxylic acid groups (broad SMARTS) is 1. The molecule has 24 heavy (non-hydrogen) atoms. The van der Waals surface area contributed by atoms with Crippen molar-refractivity contribution in [2.24, 2.45) is 0 Å². The van der Waals surface area contributed by atoms with Gasteiger partial charge in [-0.1, -0.05) is 12.1 Å². The molecule has 1 aliphatic rings. The standard InChI is InChI=1S/C18H15FN2O3/c19-15-9-11(12-3-2-8-20-10-12)6-7-16(15)21-17(22)13-4-1-5-14(13)18(23)24/h2-3,6-10H,1,4-5H2,(H,21,22)(H,23,24). The van der Waals surface area contributed by atoms with Crippen molar-refractivity contribution in [2.75, 3.05) is 5.32 Å². The summed E-state index contributed by atoms with van der Waals surface area (Å²) in [5.41, 5.74) is 1.76. The van der Waals surface area contributed by atoms with Crippen molar-refractivity contribution in [3.8, 4) is 11.1 Å². The third kappa shape index (κ3) is 3.17. The van der Waals surface area contributed by atoms with E-state index in [2.05, 4.69) is 10.3 Å². The lowest BCUT2D eigenvalue weighted by Crippen LogP contribution is -2.17. The fraction of sp³-hybridized carbons (Fsp3) is 0.167. The second kappa shape index (κ2) is 6.62. The number of benzene rings is 1. The molecular formula is C18H15FN2O3. The first-order valence-corrected chi connectivity index (χ1v) is 7.53. The van der Waals surface area contributed by atoms with Gasteiger partial charge in [-0.05, 0) is 43.0 Å². The molecule has 1 aliphatic carbocycles. The van der Waals surface area contributed by atoms with Crippen molar-refractivity contribution < 1.29 is 19.1 Å². The van der Waals surface area contributed by atoms with Crippen LogP contribution >= 0.6 is 0 Å². The molecule has 2 N–H and O–H groups in total. The van der Waals surface area contributed by atoms with Crippen LogP contribution < -0.4 is 5.32 Å². The number of carbonyl (C=O) groups excluding carboxylic acids is 1. The van der Waals surface area contributed by atoms with Crippen molar-refractivity contribution in [1.82, 2.24) is 4.98 Å². The van der Waals surface area contributed by atoms with Gasteiger partial charge in [0.15, 0.2) is 0 Å². The smallest absolute Gasteiger partial charge is 0.332 e. The molecule has 0 radical (unpaired) electrons. The summed E-state index contributed by atoms with van der Waals surface area (Å²) in [6.07, 6.45) is 4.62. The highest BCUT2D eigenvalue weighted by Gasteiger charge is 2.25. The van der Waals surface area contributed by atoms with E-state index in [0.29, 0.717) is 24.8 Å². The second-order valence-electron chi connectivity index (χ2n) is 5.51. The maximum atomic E-state index is 14.3. The van der Waals surface area contributed by atoms with Crippen LogP contribution in [-0.2, 0) is 9.59 Å². The van der Waals surface area contributed by atoms with Crippen LogP contribution in [0.1, 0.15) is 19.3 Å². The highest BCUT2D eigenvalue weighted by molar-refractivity contribution is 6.09. The van der Waals surface area contributed by atoms with Crippen LogP contribution in [0.25, 0.3) is 11.1 Å². The molecule has 122 valence electrons. The van der Waals surface area contributed by atoms with Gasteiger partial charge in [-0.3, -0.25) is 9.78 Å². The van der Waals surface area contributed by atoms with Gasteiger partial charge < -0.3 is 10.4 Å². The van der Waals surface area contributed by atoms with Crippen molar-refractivity contribution in [1.29, 1.82) is 0 Å². The van der Waals surface area contributed by atoms with Gasteiger partial charge in [0, 0.05) is 29.1 Å². The third-order valence-electron chi connectivity index (χ3n) is 3.96. The molecule has 1 heterocycles. The van der Waals surface area contributed by atoms with Crippen LogP contribution in [0.5, 0.6) is 0 Å². The third-order valence-corrected chi connectivity index (χ3v) is 3.96. The van der Waals surface area contributed by atoms with E-state index in [-0.39, 0.29) is 16.8 Å². The first-order chi connectivity index (χ1) is 11.6. The Morgan fingerprint density at radius 2 is 1.92 bits per heavy atom. The summed E-state index contributed by atoms with van der Waals surface area (Å²) in [6, 6.07) is 8.02. The Balaban J connectivity index is 1.82. The van der Waals surface area contributed by atoms with E-state index in [1.54, 1.807) is 24.5 Å². The largest absolute Gasteiger partial charge is 0.478 e. The molecule has 1 aromatic heterocycles. The fourth-order valence-corrected chi connectivity index (χ4v) is 2.76. The van der Waals surface area contributed by atoms with Crippen LogP contribution in [-0.4, -0.2) is 22.0 Å². The van der Waals surface area contributed by atoms with E-state index in [4.69, 9.17) is 5.11 Å². The van der Waals surface area contributed by atoms with E-state index in [1.165, 1.54) is 12.1 Å². The van der Waals surface area contributed by atoms with Gasteiger partial charge >= 0.3 is 5.97 Å². The van der Waals surface area contributed by atoms with Crippen LogP contribution in [0.3, 0.4) is 0 Å². The first-order valence-electron chi connectivity index (χ1n) is 7.53. The number of pyridine rings is 1. The molecule has 0 saturated heterocycles. The summed E-state index contributed by atoms with van der Waals surface area (Å²) in [5.74, 6) is -2.23. The van der Waals surface area contributed by atoms with E-state index in [1.807, 2.05) is 6.07 Å². The average molecular weight is 326 g/mol. The zero-order valence-corrected chi connectivity index (χ0v) is 12.8. The minimum atomic E-state index is -1.09. The number of carboxylic acids is 1. The normalized spacial score (nSPS) is 13.9. The summed E-state index contributed by atoms with van der Waals surface area (Å²) in [6.45, 7) is 0. The van der Waals surface area contributed by atoms with Gasteiger partial charge in [0.05, 0.1) is 5.69 Å². The molecule has 0 aliphatic heterocycles. The number of hydrogen-bond donors (Lipinski definition) is 2. The highest BCUT2D eigenvalue weighted by atomic mass is 19.1. The lowest BCUT2D eigenvalue weighted by Gasteiger charge is -2.09. The van der Waals surface area contributed by atoms with Gasteiger partial charge in [0.25, 0.3) is 5.91 Å². The lowest BCUT2D eigenvalue weighted by molar-refractivity contribution is -0.133. The Morgan fingerprint density at radius 3 is 2.58 bits per heavy atom. The Hall–Kier alpha value is -3.02. The number of anilines is 1. The zero-order valence-electron chi connectivity index (χ0n) is 12.8. The number of carbonyl (C=O) groups is 2. The van der Waals surface area contributed by atoms with E-state index in [9.17, 15) is 14.0 Å². The van der Waals surface area contributed by atoms with Crippen molar-refractivity contribution in [2.45, 2.75) is 19.3 Å². The van der Waals surface area contributed by atoms with Gasteiger partial charge in [0.2, 0.25) is 0 Å². The number of nitrogens with one attached hydrogen (secondary N) is 1. The molecule has 3 rings (SSSR count). The number of aromatic nitrogens is 1. The zero-order chi connectivity index (χ0) is 17.1. The average Bonchev–Trinajstić information content (AvgIpc) is 3.07. The van der Waals surface area contributed by atoms with Crippen LogP contribution in [0.2, 0.25) is 0 Å². The molecular weight excluding hydrogens is 311 g/mol. The van der Waals surface area contributed by atoms with Gasteiger partial charge in [0.1, 0.15) is 5.82 Å². The maximum Gasteiger partial charge on any atom is 0.332 e. The van der Waals surface area contributed by atoms with Gasteiger partial charge in [-0.15, -0.1) is 0 Å². The van der Waals surface area contributed by atoms with Crippen LogP contribution in [0, 0.1) is 5.82 Å². The number of nitrogens with zero attached hydrogens (tertiary/aromatic N) is 1. The molecule has 0 fully saturated rings. The fourth-order valence-electron chi connectivity index (χ4n) is 2.76. The van der Waals surface area contributed by atoms with E-state index >= 15 is 0 Å². The number of hydrogen-bond acceptors (Lipinski definition) is 3. The molecule has 6 heteroatoms. The van der Waals surface area contributed by atoms with Crippen molar-refractivity contribution in [3.63, 3.8) is 0 Å². The Bertz CT molecular complexity index is 831. The molecule has 0 atom stereocenters. The minimum absolute atomic E-state index is 0.0248. The molecule has 0 bridgehead atoms. The Kier molecular flexibility index (Phi) is 4.37.